The van der Waals surface area contributed by atoms with Crippen LogP contribution in [0.25, 0.3) is 11.1 Å². The molecular formula is C31H27Br2NO2. The lowest BCUT2D eigenvalue weighted by atomic mass is 9.67. The molecule has 182 valence electrons. The standard InChI is InChI=1S/C31H27Br2NO2/c1-2-3-4-5-6-21-7-9-22(10-8-21)31(23-11-15-26(16-12-23)34(35)36)29-19-24(32)13-17-27(29)28-18-14-25(33)20-30(28)31/h7-20H,2-6H2,1H3. The average molecular weight is 605 g/mol. The van der Waals surface area contributed by atoms with Crippen LogP contribution in [-0.2, 0) is 11.8 Å². The topological polar surface area (TPSA) is 43.1 Å². The van der Waals surface area contributed by atoms with Crippen LogP contribution in [0.1, 0.15) is 60.4 Å². The van der Waals surface area contributed by atoms with Gasteiger partial charge in [-0.2, -0.15) is 0 Å². The van der Waals surface area contributed by atoms with Gasteiger partial charge in [0.2, 0.25) is 0 Å². The molecular weight excluding hydrogens is 578 g/mol. The first kappa shape index (κ1) is 24.9. The third kappa shape index (κ3) is 4.33. The summed E-state index contributed by atoms with van der Waals surface area (Å²) in [6.07, 6.45) is 6.05. The van der Waals surface area contributed by atoms with Gasteiger partial charge in [-0.1, -0.05) is 107 Å². The molecule has 5 heteroatoms. The number of hydrogen-bond acceptors (Lipinski definition) is 2. The van der Waals surface area contributed by atoms with Gasteiger partial charge in [0.25, 0.3) is 5.69 Å². The van der Waals surface area contributed by atoms with Crippen molar-refractivity contribution in [2.45, 2.75) is 44.4 Å². The van der Waals surface area contributed by atoms with Crippen molar-refractivity contribution in [2.75, 3.05) is 0 Å². The van der Waals surface area contributed by atoms with Gasteiger partial charge >= 0.3 is 0 Å². The highest BCUT2D eigenvalue weighted by Crippen LogP contribution is 2.57. The SMILES string of the molecule is CCCCCCc1ccc(C2(c3ccc([N+](=O)[O-])cc3)c3cc(Br)ccc3-c3ccc(Br)cc32)cc1. The number of nitro benzene ring substituents is 1. The Morgan fingerprint density at radius 1 is 0.722 bits per heavy atom. The van der Waals surface area contributed by atoms with Gasteiger partial charge in [0.1, 0.15) is 0 Å². The minimum absolute atomic E-state index is 0.0956. The molecule has 0 saturated heterocycles. The molecule has 0 bridgehead atoms. The van der Waals surface area contributed by atoms with Gasteiger partial charge < -0.3 is 0 Å². The van der Waals surface area contributed by atoms with Crippen molar-refractivity contribution in [3.05, 3.63) is 132 Å². The van der Waals surface area contributed by atoms with E-state index in [-0.39, 0.29) is 10.6 Å². The fraction of sp³-hybridized carbons (Fsp3) is 0.226. The van der Waals surface area contributed by atoms with Gasteiger partial charge in [-0.15, -0.1) is 0 Å². The van der Waals surface area contributed by atoms with E-state index in [1.165, 1.54) is 53.5 Å². The van der Waals surface area contributed by atoms with Gasteiger partial charge in [0.05, 0.1) is 10.3 Å². The van der Waals surface area contributed by atoms with Crippen molar-refractivity contribution >= 4 is 37.5 Å². The third-order valence-corrected chi connectivity index (χ3v) is 8.27. The summed E-state index contributed by atoms with van der Waals surface area (Å²) in [5.74, 6) is 0. The highest BCUT2D eigenvalue weighted by atomic mass is 79.9. The zero-order chi connectivity index (χ0) is 25.3. The van der Waals surface area contributed by atoms with E-state index in [0.29, 0.717) is 0 Å². The lowest BCUT2D eigenvalue weighted by molar-refractivity contribution is -0.384. The summed E-state index contributed by atoms with van der Waals surface area (Å²) in [5.41, 5.74) is 7.74. The highest BCUT2D eigenvalue weighted by Gasteiger charge is 2.46. The number of benzene rings is 4. The number of hydrogen-bond donors (Lipinski definition) is 0. The van der Waals surface area contributed by atoms with Gasteiger partial charge in [0.15, 0.2) is 0 Å². The molecule has 0 aromatic heterocycles. The average Bonchev–Trinajstić information content (AvgIpc) is 3.16. The smallest absolute Gasteiger partial charge is 0.258 e. The van der Waals surface area contributed by atoms with E-state index in [0.717, 1.165) is 26.5 Å². The quantitative estimate of drug-likeness (QED) is 0.100. The molecule has 0 unspecified atom stereocenters. The van der Waals surface area contributed by atoms with E-state index in [9.17, 15) is 10.1 Å². The minimum Gasteiger partial charge on any atom is -0.258 e. The van der Waals surface area contributed by atoms with Gasteiger partial charge in [-0.25, -0.2) is 0 Å². The molecule has 36 heavy (non-hydrogen) atoms. The molecule has 5 rings (SSSR count). The highest BCUT2D eigenvalue weighted by molar-refractivity contribution is 9.10. The van der Waals surface area contributed by atoms with Crippen molar-refractivity contribution in [1.29, 1.82) is 0 Å². The molecule has 1 aliphatic carbocycles. The molecule has 0 saturated carbocycles. The monoisotopic (exact) mass is 603 g/mol. The van der Waals surface area contributed by atoms with E-state index in [1.807, 2.05) is 12.1 Å². The second kappa shape index (κ2) is 10.3. The van der Waals surface area contributed by atoms with Crippen LogP contribution in [0.4, 0.5) is 5.69 Å². The van der Waals surface area contributed by atoms with Crippen LogP contribution in [0.3, 0.4) is 0 Å². The van der Waals surface area contributed by atoms with E-state index >= 15 is 0 Å². The Morgan fingerprint density at radius 2 is 1.25 bits per heavy atom. The molecule has 0 fully saturated rings. The number of halogens is 2. The van der Waals surface area contributed by atoms with Crippen molar-refractivity contribution in [1.82, 2.24) is 0 Å². The Labute approximate surface area is 229 Å². The number of aryl methyl sites for hydroxylation is 1. The summed E-state index contributed by atoms with van der Waals surface area (Å²) < 4.78 is 2.01. The summed E-state index contributed by atoms with van der Waals surface area (Å²) in [7, 11) is 0. The Bertz CT molecular complexity index is 1360. The first-order valence-electron chi connectivity index (χ1n) is 12.4. The van der Waals surface area contributed by atoms with Crippen LogP contribution in [0.5, 0.6) is 0 Å². The molecule has 0 spiro atoms. The van der Waals surface area contributed by atoms with Crippen LogP contribution < -0.4 is 0 Å². The number of nitro groups is 1. The maximum Gasteiger partial charge on any atom is 0.269 e. The van der Waals surface area contributed by atoms with E-state index < -0.39 is 5.41 Å². The molecule has 4 aromatic carbocycles. The van der Waals surface area contributed by atoms with E-state index in [1.54, 1.807) is 12.1 Å². The van der Waals surface area contributed by atoms with E-state index in [4.69, 9.17) is 0 Å². The summed E-state index contributed by atoms with van der Waals surface area (Å²) in [4.78, 5) is 11.1. The van der Waals surface area contributed by atoms with Gasteiger partial charge in [0, 0.05) is 21.1 Å². The normalized spacial score (nSPS) is 13.3. The number of nitrogens with zero attached hydrogens (tertiary/aromatic N) is 1. The number of rotatable bonds is 8. The van der Waals surface area contributed by atoms with Crippen LogP contribution >= 0.6 is 31.9 Å². The van der Waals surface area contributed by atoms with Crippen LogP contribution in [0.2, 0.25) is 0 Å². The Hall–Kier alpha value is -2.76. The van der Waals surface area contributed by atoms with Gasteiger partial charge in [-0.3, -0.25) is 10.1 Å². The predicted molar refractivity (Wildman–Crippen MR) is 154 cm³/mol. The first-order valence-corrected chi connectivity index (χ1v) is 14.0. The second-order valence-electron chi connectivity index (χ2n) is 9.44. The molecule has 1 aliphatic rings. The molecule has 0 N–H and O–H groups in total. The number of fused-ring (bicyclic) bond motifs is 3. The largest absolute Gasteiger partial charge is 0.269 e. The maximum absolute atomic E-state index is 11.4. The molecule has 0 aliphatic heterocycles. The Morgan fingerprint density at radius 3 is 1.75 bits per heavy atom. The third-order valence-electron chi connectivity index (χ3n) is 7.28. The maximum atomic E-state index is 11.4. The molecule has 3 nitrogen and oxygen atoms in total. The summed E-state index contributed by atoms with van der Waals surface area (Å²) in [5, 5.41) is 11.4. The van der Waals surface area contributed by atoms with Crippen LogP contribution in [0, 0.1) is 10.1 Å². The summed E-state index contributed by atoms with van der Waals surface area (Å²) in [6, 6.07) is 29.0. The molecule has 0 radical (unpaired) electrons. The van der Waals surface area contributed by atoms with Crippen molar-refractivity contribution < 1.29 is 4.92 Å². The predicted octanol–water partition coefficient (Wildman–Crippen LogP) is 9.61. The number of unbranched alkanes of at least 4 members (excludes halogenated alkanes) is 3. The second-order valence-corrected chi connectivity index (χ2v) is 11.3. The minimum atomic E-state index is -0.589. The van der Waals surface area contributed by atoms with Crippen molar-refractivity contribution in [3.63, 3.8) is 0 Å². The van der Waals surface area contributed by atoms with E-state index in [2.05, 4.69) is 99.4 Å². The molecule has 0 heterocycles. The zero-order valence-electron chi connectivity index (χ0n) is 20.1. The van der Waals surface area contributed by atoms with Crippen molar-refractivity contribution in [3.8, 4) is 11.1 Å². The van der Waals surface area contributed by atoms with Crippen molar-refractivity contribution in [2.24, 2.45) is 0 Å². The Kier molecular flexibility index (Phi) is 7.14. The zero-order valence-corrected chi connectivity index (χ0v) is 23.3. The Balaban J connectivity index is 1.73. The lowest BCUT2D eigenvalue weighted by Crippen LogP contribution is -2.28. The summed E-state index contributed by atoms with van der Waals surface area (Å²) >= 11 is 7.41. The van der Waals surface area contributed by atoms with Gasteiger partial charge in [-0.05, 0) is 76.1 Å². The number of non-ortho nitro benzene ring substituents is 1. The van der Waals surface area contributed by atoms with Crippen LogP contribution in [0.15, 0.2) is 93.9 Å². The fourth-order valence-electron chi connectivity index (χ4n) is 5.57. The summed E-state index contributed by atoms with van der Waals surface area (Å²) in [6.45, 7) is 2.24. The molecule has 0 atom stereocenters. The lowest BCUT2D eigenvalue weighted by Gasteiger charge is -2.34. The first-order chi connectivity index (χ1) is 17.4. The molecule has 4 aromatic rings. The fourth-order valence-corrected chi connectivity index (χ4v) is 6.29. The van der Waals surface area contributed by atoms with Crippen LogP contribution in [-0.4, -0.2) is 4.92 Å². The molecule has 0 amide bonds.